The fraction of sp³-hybridized carbons (Fsp3) is 0.288. The van der Waals surface area contributed by atoms with E-state index in [1.54, 1.807) is 61.4 Å². The average molecular weight is 1530 g/mol. The Morgan fingerprint density at radius 2 is 0.441 bits per heavy atom. The number of nitrogens with zero attached hydrogens (tertiary/aromatic N) is 6. The van der Waals surface area contributed by atoms with E-state index in [2.05, 4.69) is 39.0 Å². The molecule has 0 unspecified atom stereocenters. The molecule has 0 aliphatic carbocycles. The smallest absolute Gasteiger partial charge is 0.780 e. The maximum Gasteiger partial charge on any atom is 2.00 e. The summed E-state index contributed by atoms with van der Waals surface area (Å²) < 4.78 is 98.8. The minimum Gasteiger partial charge on any atom is -0.780 e. The van der Waals surface area contributed by atoms with Crippen molar-refractivity contribution in [1.29, 1.82) is 0 Å². The minimum atomic E-state index is -5.02. The molecule has 27 nitrogen and oxygen atoms in total. The number of para-hydroxylation sites is 2. The van der Waals surface area contributed by atoms with Crippen LogP contribution in [0.2, 0.25) is 0 Å². The molecule has 93 heavy (non-hydrogen) atoms. The van der Waals surface area contributed by atoms with Crippen LogP contribution < -0.4 is 65.9 Å². The molecule has 0 aliphatic heterocycles. The summed E-state index contributed by atoms with van der Waals surface area (Å²) in [5.74, 6) is 0.771. The van der Waals surface area contributed by atoms with Crippen molar-refractivity contribution in [3.8, 4) is 45.7 Å². The van der Waals surface area contributed by atoms with Crippen LogP contribution in [0.5, 0.6) is 11.5 Å². The number of pyridine rings is 6. The van der Waals surface area contributed by atoms with E-state index in [1.165, 1.54) is 0 Å². The molecular formula is C59H78Cl2Cu3N6O21P2. The van der Waals surface area contributed by atoms with Crippen molar-refractivity contribution in [2.24, 2.45) is 0 Å². The first kappa shape index (κ1) is 101. The number of aliphatic hydroxyl groups is 5. The quantitative estimate of drug-likeness (QED) is 0.0784. The number of phosphoric acid groups is 2. The van der Waals surface area contributed by atoms with Crippen LogP contribution in [0.1, 0.15) is 101 Å². The molecule has 8 rings (SSSR count). The second-order valence-electron chi connectivity index (χ2n) is 17.3. The third-order valence-electron chi connectivity index (χ3n) is 9.82. The first-order chi connectivity index (χ1) is 42.3. The molecule has 34 heteroatoms. The molecule has 3 radical (unpaired) electrons. The predicted molar refractivity (Wildman–Crippen MR) is 309 cm³/mol. The Bertz CT molecular complexity index is 2640. The van der Waals surface area contributed by atoms with Gasteiger partial charge >= 0.3 is 51.2 Å². The van der Waals surface area contributed by atoms with Crippen molar-refractivity contribution in [2.75, 3.05) is 35.5 Å². The third kappa shape index (κ3) is 52.8. The van der Waals surface area contributed by atoms with Crippen LogP contribution in [0, 0.1) is 20.5 Å². The molecule has 0 fully saturated rings. The summed E-state index contributed by atoms with van der Waals surface area (Å²) in [6, 6.07) is 45.6. The molecule has 2 aromatic carbocycles. The van der Waals surface area contributed by atoms with Crippen molar-refractivity contribution >= 4 is 15.6 Å². The summed E-state index contributed by atoms with van der Waals surface area (Å²) >= 11 is 0. The van der Waals surface area contributed by atoms with E-state index in [-0.39, 0.29) is 86.4 Å². The zero-order chi connectivity index (χ0) is 70.1. The number of hydrogen-bond acceptors (Lipinski definition) is 27. The Labute approximate surface area is 579 Å². The summed E-state index contributed by atoms with van der Waals surface area (Å²) in [6.07, 6.45) is 10.6. The van der Waals surface area contributed by atoms with E-state index in [9.17, 15) is 28.7 Å². The van der Waals surface area contributed by atoms with Crippen molar-refractivity contribution in [3.05, 3.63) is 205 Å². The first-order valence-corrected chi connectivity index (χ1v) is 31.4. The molecule has 0 aliphatic rings. The average Bonchev–Trinajstić information content (AvgIpc) is 0.880. The Morgan fingerprint density at radius 3 is 0.538 bits per heavy atom. The normalized spacial score (nSPS) is 9.83. The van der Waals surface area contributed by atoms with Gasteiger partial charge in [-0.15, -0.1) is 20.5 Å². The topological polar surface area (TPSA) is 508 Å². The molecule has 527 valence electrons. The number of aliphatic hydroxyl groups excluding tert-OH is 5. The minimum absolute atomic E-state index is 0. The van der Waals surface area contributed by atoms with Crippen LogP contribution >= 0.6 is 15.6 Å². The molecule has 8 aromatic rings. The molecule has 0 bridgehead atoms. The van der Waals surface area contributed by atoms with Gasteiger partial charge in [-0.1, -0.05) is 128 Å². The zero-order valence-corrected chi connectivity index (χ0v) is 58.8. The van der Waals surface area contributed by atoms with Crippen molar-refractivity contribution in [1.82, 2.24) is 29.9 Å². The van der Waals surface area contributed by atoms with Crippen LogP contribution in [0.25, 0.3) is 34.2 Å². The van der Waals surface area contributed by atoms with Crippen LogP contribution in [0.15, 0.2) is 183 Å². The zero-order valence-electron chi connectivity index (χ0n) is 52.6. The standard InChI is InChI=1S/2C12H19O4P.3C10H8N2.5CH4O.2ClHO4.3Cu/c2*1-8(2)10-6-5-7-11(9(3)4)12(10)16-17(13,14)15;3*1-3-7-11-9(5-1)10-6-2-4-8-12-10;5*1-2;2*2-1(3,4)5;;;/h2*5-9H,1-4H3,(H2,13,14,15);3*1-8H;5*2H,1H3;2*(H,2,3,4,5);;;/q;;;;;;;;;;;;3*+2/p-6. The van der Waals surface area contributed by atoms with Gasteiger partial charge in [-0.2, -0.15) is 0 Å². The van der Waals surface area contributed by atoms with Gasteiger partial charge in [0.2, 0.25) is 0 Å². The van der Waals surface area contributed by atoms with Gasteiger partial charge in [-0.05, 0) is 119 Å². The summed E-state index contributed by atoms with van der Waals surface area (Å²) in [7, 11) is -14.9. The molecule has 0 saturated heterocycles. The van der Waals surface area contributed by atoms with Gasteiger partial charge in [0.25, 0.3) is 0 Å². The Kier molecular flexibility index (Phi) is 63.5. The van der Waals surface area contributed by atoms with Gasteiger partial charge < -0.3 is 63.3 Å². The fourth-order valence-corrected chi connectivity index (χ4v) is 7.35. The summed E-state index contributed by atoms with van der Waals surface area (Å²) in [4.78, 5) is 68.3. The monoisotopic (exact) mass is 1530 g/mol. The van der Waals surface area contributed by atoms with Crippen LogP contribution in [0.3, 0.4) is 0 Å². The van der Waals surface area contributed by atoms with Crippen LogP contribution in [-0.2, 0) is 60.3 Å². The van der Waals surface area contributed by atoms with Gasteiger partial charge in [0, 0.05) is 72.7 Å². The van der Waals surface area contributed by atoms with Crippen LogP contribution in [0.4, 0.5) is 0 Å². The molecule has 6 aromatic heterocycles. The van der Waals surface area contributed by atoms with E-state index in [4.69, 9.17) is 62.8 Å². The molecule has 6 heterocycles. The van der Waals surface area contributed by atoms with Crippen molar-refractivity contribution in [2.45, 2.75) is 79.1 Å². The summed E-state index contributed by atoms with van der Waals surface area (Å²) in [5, 5.41) is 35.0. The van der Waals surface area contributed by atoms with E-state index < -0.39 is 36.1 Å². The first-order valence-electron chi connectivity index (χ1n) is 26.0. The van der Waals surface area contributed by atoms with Gasteiger partial charge in [-0.25, -0.2) is 37.3 Å². The van der Waals surface area contributed by atoms with Crippen molar-refractivity contribution < 1.29 is 172 Å². The molecule has 0 saturated carbocycles. The maximum absolute atomic E-state index is 10.8. The van der Waals surface area contributed by atoms with Gasteiger partial charge in [0.05, 0.1) is 34.2 Å². The van der Waals surface area contributed by atoms with E-state index in [0.29, 0.717) is 0 Å². The largest absolute Gasteiger partial charge is 2.00 e. The van der Waals surface area contributed by atoms with E-state index in [1.807, 2.05) is 177 Å². The number of benzene rings is 2. The summed E-state index contributed by atoms with van der Waals surface area (Å²) in [5.41, 5.74) is 8.45. The Morgan fingerprint density at radius 1 is 0.301 bits per heavy atom. The maximum atomic E-state index is 10.8. The molecule has 0 spiro atoms. The van der Waals surface area contributed by atoms with Gasteiger partial charge in [-0.3, -0.25) is 29.9 Å². The van der Waals surface area contributed by atoms with E-state index in [0.717, 1.165) is 92.0 Å². The number of hydrogen-bond donors (Lipinski definition) is 5. The Hall–Kier alpha value is -5.14. The molecule has 5 N–H and O–H groups in total. The van der Waals surface area contributed by atoms with E-state index >= 15 is 0 Å². The second kappa shape index (κ2) is 58.2. The predicted octanol–water partition coefficient (Wildman–Crippen LogP) is -0.764. The van der Waals surface area contributed by atoms with Crippen molar-refractivity contribution in [3.63, 3.8) is 0 Å². The number of rotatable bonds is 11. The molecular weight excluding hydrogens is 1450 g/mol. The summed E-state index contributed by atoms with van der Waals surface area (Å²) in [6.45, 7) is 15.4. The SMILES string of the molecule is CC(C)c1cccc(C(C)C)c1OP(=O)([O-])[O-].CC(C)c1cccc(C(C)C)c1OP(=O)([O-])[O-].CO.CO.CO.CO.CO.[Cu+2].[Cu+2].[Cu+2].[O-][Cl+3]([O-])([O-])[O-].[O-][Cl+3]([O-])([O-])[O-].c1ccc(-c2ccccn2)nc1.c1ccc(-c2ccccn2)nc1.c1ccc(-c2ccccn2)nc1. The number of aromatic nitrogens is 6. The molecule has 0 amide bonds. The Balaban J connectivity index is -0.000000185. The van der Waals surface area contributed by atoms with Crippen LogP contribution in [-0.4, -0.2) is 91.0 Å². The number of phosphoric ester groups is 2. The number of halogens is 2. The van der Waals surface area contributed by atoms with Gasteiger partial charge in [0.1, 0.15) is 27.1 Å². The molecule has 0 atom stereocenters. The fourth-order valence-electron chi connectivity index (χ4n) is 6.49. The third-order valence-corrected chi connectivity index (χ3v) is 10.6. The van der Waals surface area contributed by atoms with Gasteiger partial charge in [0.15, 0.2) is 0 Å². The second-order valence-corrected chi connectivity index (χ2v) is 20.9.